The van der Waals surface area contributed by atoms with Crippen LogP contribution in [0.4, 0.5) is 0 Å². The fourth-order valence-electron chi connectivity index (χ4n) is 6.16. The molecule has 2 aromatic heterocycles. The molecule has 1 radical (unpaired) electrons. The van der Waals surface area contributed by atoms with E-state index in [0.717, 1.165) is 61.7 Å². The molecule has 0 spiro atoms. The number of benzene rings is 5. The van der Waals surface area contributed by atoms with Gasteiger partial charge in [0, 0.05) is 49.9 Å². The number of hydrogen-bond donors (Lipinski definition) is 0. The third kappa shape index (κ3) is 9.96. The van der Waals surface area contributed by atoms with Crippen molar-refractivity contribution in [1.82, 2.24) is 14.5 Å². The van der Waals surface area contributed by atoms with Gasteiger partial charge in [0.15, 0.2) is 0 Å². The van der Waals surface area contributed by atoms with Crippen LogP contribution in [0.1, 0.15) is 82.4 Å². The SMILES string of the molecule is [2H]C(C)(C)c1cc(-c2ccccc2)cc(C([2H])(C)C)c1-n1ccnc1-c1[c-]cccc1.[2H]C([2H])(c1ccc(-c2ccnc(-c3[c-]cccc3)c2)cc1)C(C)(C)C.[Ir]. The van der Waals surface area contributed by atoms with Crippen molar-refractivity contribution in [1.29, 1.82) is 0 Å². The smallest absolute Gasteiger partial charge is 0.0602 e. The van der Waals surface area contributed by atoms with Crippen molar-refractivity contribution in [3.63, 3.8) is 0 Å². The average Bonchev–Trinajstić information content (AvgIpc) is 3.68. The Kier molecular flexibility index (Phi) is 11.4. The summed E-state index contributed by atoms with van der Waals surface area (Å²) in [6, 6.07) is 48.1. The van der Waals surface area contributed by atoms with Gasteiger partial charge in [0.1, 0.15) is 0 Å². The molecule has 271 valence electrons. The van der Waals surface area contributed by atoms with Crippen molar-refractivity contribution < 1.29 is 25.6 Å². The van der Waals surface area contributed by atoms with Crippen molar-refractivity contribution >= 4 is 0 Å². The average molecular weight is 876 g/mol. The molecule has 0 amide bonds. The minimum absolute atomic E-state index is 0. The third-order valence-electron chi connectivity index (χ3n) is 8.61. The molecule has 0 unspecified atom stereocenters. The summed E-state index contributed by atoms with van der Waals surface area (Å²) in [6.07, 6.45) is 4.10. The van der Waals surface area contributed by atoms with E-state index in [1.54, 1.807) is 12.4 Å². The Balaban J connectivity index is 0.000000219. The van der Waals surface area contributed by atoms with Crippen molar-refractivity contribution in [2.45, 2.75) is 66.6 Å². The van der Waals surface area contributed by atoms with Gasteiger partial charge in [-0.05, 0) is 86.4 Å². The van der Waals surface area contributed by atoms with Crippen molar-refractivity contribution in [2.75, 3.05) is 0 Å². The van der Waals surface area contributed by atoms with Gasteiger partial charge in [-0.3, -0.25) is 4.98 Å². The summed E-state index contributed by atoms with van der Waals surface area (Å²) < 4.78 is 36.7. The molecular formula is C49H49IrN3-2. The monoisotopic (exact) mass is 876 g/mol. The van der Waals surface area contributed by atoms with Crippen LogP contribution in [0.25, 0.3) is 50.6 Å². The van der Waals surface area contributed by atoms with Gasteiger partial charge in [-0.1, -0.05) is 109 Å². The summed E-state index contributed by atoms with van der Waals surface area (Å²) in [7, 11) is 0. The molecule has 4 heteroatoms. The second-order valence-electron chi connectivity index (χ2n) is 14.3. The number of nitrogens with zero attached hydrogens (tertiary/aromatic N) is 3. The topological polar surface area (TPSA) is 30.7 Å². The van der Waals surface area contributed by atoms with Crippen LogP contribution in [0.2, 0.25) is 0 Å². The Morgan fingerprint density at radius 1 is 0.642 bits per heavy atom. The number of hydrogen-bond acceptors (Lipinski definition) is 2. The van der Waals surface area contributed by atoms with Crippen LogP contribution in [0.5, 0.6) is 0 Å². The molecule has 7 aromatic rings. The molecule has 0 N–H and O–H groups in total. The molecular weight excluding hydrogens is 823 g/mol. The summed E-state index contributed by atoms with van der Waals surface area (Å²) >= 11 is 0. The Labute approximate surface area is 336 Å². The van der Waals surface area contributed by atoms with Crippen LogP contribution >= 0.6 is 0 Å². The first-order chi connectivity index (χ1) is 26.4. The molecule has 0 aliphatic heterocycles. The van der Waals surface area contributed by atoms with Crippen molar-refractivity contribution in [2.24, 2.45) is 5.41 Å². The van der Waals surface area contributed by atoms with Crippen LogP contribution in [-0.2, 0) is 26.5 Å². The van der Waals surface area contributed by atoms with Crippen molar-refractivity contribution in [3.8, 4) is 50.6 Å². The van der Waals surface area contributed by atoms with Gasteiger partial charge in [-0.15, -0.1) is 71.8 Å². The van der Waals surface area contributed by atoms with Gasteiger partial charge in [0.05, 0.1) is 5.82 Å². The first-order valence-electron chi connectivity index (χ1n) is 19.7. The molecule has 7 rings (SSSR count). The predicted molar refractivity (Wildman–Crippen MR) is 219 cm³/mol. The van der Waals surface area contributed by atoms with Gasteiger partial charge < -0.3 is 9.55 Å². The fourth-order valence-corrected chi connectivity index (χ4v) is 6.16. The maximum Gasteiger partial charge on any atom is 0.0602 e. The number of aromatic nitrogens is 3. The van der Waals surface area contributed by atoms with E-state index < -0.39 is 23.6 Å². The largest absolute Gasteiger partial charge is 0.340 e. The van der Waals surface area contributed by atoms with E-state index in [2.05, 4.69) is 46.4 Å². The Hall–Kier alpha value is -4.89. The third-order valence-corrected chi connectivity index (χ3v) is 8.61. The number of rotatable bonds is 8. The second kappa shape index (κ2) is 17.8. The standard InChI is InChI=1S/C27H27N2.C22H22N.Ir/c1-19(2)24-17-23(21-11-7-5-8-12-21)18-25(20(3)4)26(24)29-16-15-28-27(29)22-13-9-6-10-14-22;1-22(2,3)16-17-9-11-18(12-10-17)20-13-14-23-21(15-20)19-7-5-4-6-8-19;/h5-13,15-20H,1-4H3;4-7,9-15H,16H2,1-3H3;/q2*-1;/i19D,20D;16D2;. The normalized spacial score (nSPS) is 13.0. The molecule has 0 atom stereocenters. The molecule has 0 aliphatic carbocycles. The molecule has 0 bridgehead atoms. The molecule has 3 nitrogen and oxygen atoms in total. The van der Waals surface area contributed by atoms with E-state index in [4.69, 9.17) is 5.48 Å². The van der Waals surface area contributed by atoms with Crippen LogP contribution < -0.4 is 0 Å². The molecule has 5 aromatic carbocycles. The summed E-state index contributed by atoms with van der Waals surface area (Å²) in [4.78, 5) is 9.03. The summed E-state index contributed by atoms with van der Waals surface area (Å²) in [5.74, 6) is -0.992. The van der Waals surface area contributed by atoms with E-state index in [-0.39, 0.29) is 20.1 Å². The van der Waals surface area contributed by atoms with Crippen LogP contribution in [0.3, 0.4) is 0 Å². The molecule has 53 heavy (non-hydrogen) atoms. The van der Waals surface area contributed by atoms with Crippen LogP contribution in [0.15, 0.2) is 146 Å². The molecule has 2 heterocycles. The first kappa shape index (κ1) is 33.9. The van der Waals surface area contributed by atoms with Gasteiger partial charge >= 0.3 is 0 Å². The Morgan fingerprint density at radius 3 is 1.79 bits per heavy atom. The van der Waals surface area contributed by atoms with E-state index >= 15 is 0 Å². The fraction of sp³-hybridized carbons (Fsp3) is 0.224. The Morgan fingerprint density at radius 2 is 1.23 bits per heavy atom. The van der Waals surface area contributed by atoms with E-state index in [0.29, 0.717) is 5.56 Å². The minimum Gasteiger partial charge on any atom is -0.340 e. The van der Waals surface area contributed by atoms with E-state index in [1.807, 2.05) is 162 Å². The second-order valence-corrected chi connectivity index (χ2v) is 14.3. The zero-order valence-electron chi connectivity index (χ0n) is 35.5. The number of pyridine rings is 1. The minimum atomic E-state index is -1.38. The van der Waals surface area contributed by atoms with Gasteiger partial charge in [0.25, 0.3) is 0 Å². The molecule has 0 saturated carbocycles. The summed E-state index contributed by atoms with van der Waals surface area (Å²) in [5, 5.41) is 0. The quantitative estimate of drug-likeness (QED) is 0.142. The number of imidazole rings is 1. The van der Waals surface area contributed by atoms with E-state index in [9.17, 15) is 0 Å². The zero-order chi connectivity index (χ0) is 40.3. The van der Waals surface area contributed by atoms with Gasteiger partial charge in [0.2, 0.25) is 0 Å². The maximum absolute atomic E-state index is 8.95. The van der Waals surface area contributed by atoms with E-state index in [1.165, 1.54) is 0 Å². The Bertz CT molecular complexity index is 2340. The first-order valence-corrected chi connectivity index (χ1v) is 17.7. The maximum atomic E-state index is 8.95. The van der Waals surface area contributed by atoms with Gasteiger partial charge in [-0.25, -0.2) is 0 Å². The van der Waals surface area contributed by atoms with Crippen molar-refractivity contribution in [3.05, 3.63) is 175 Å². The van der Waals surface area contributed by atoms with Gasteiger partial charge in [-0.2, -0.15) is 0 Å². The summed E-state index contributed by atoms with van der Waals surface area (Å²) in [6.45, 7) is 13.4. The molecule has 0 aliphatic rings. The van der Waals surface area contributed by atoms with Crippen LogP contribution in [0, 0.1) is 17.5 Å². The molecule has 0 fully saturated rings. The van der Waals surface area contributed by atoms with Crippen LogP contribution in [-0.4, -0.2) is 14.5 Å². The predicted octanol–water partition coefficient (Wildman–Crippen LogP) is 13.1. The summed E-state index contributed by atoms with van der Waals surface area (Å²) in [5.41, 5.74) is 9.74. The zero-order valence-corrected chi connectivity index (χ0v) is 33.9. The molecule has 0 saturated heterocycles.